The smallest absolute Gasteiger partial charge is 0.0472 e. The van der Waals surface area contributed by atoms with Gasteiger partial charge in [-0.25, -0.2) is 0 Å². The van der Waals surface area contributed by atoms with Crippen molar-refractivity contribution < 1.29 is 0 Å². The summed E-state index contributed by atoms with van der Waals surface area (Å²) >= 11 is 7.07. The van der Waals surface area contributed by atoms with Crippen LogP contribution in [0.5, 0.6) is 0 Å². The first-order valence-electron chi connectivity index (χ1n) is 3.28. The normalized spacial score (nSPS) is 39.6. The molecule has 1 aliphatic carbocycles. The average Bonchev–Trinajstić information content (AvgIpc) is 1.81. The van der Waals surface area contributed by atoms with Crippen LogP contribution in [0.4, 0.5) is 0 Å². The van der Waals surface area contributed by atoms with Crippen LogP contribution in [-0.4, -0.2) is 4.32 Å². The highest BCUT2D eigenvalue weighted by atomic mass is 79.9. The molecule has 0 fully saturated rings. The molecule has 2 unspecified atom stereocenters. The summed E-state index contributed by atoms with van der Waals surface area (Å²) in [7, 11) is 0. The van der Waals surface area contributed by atoms with Crippen LogP contribution in [-0.2, 0) is 0 Å². The Morgan fingerprint density at radius 1 is 1.60 bits per heavy atom. The van der Waals surface area contributed by atoms with Gasteiger partial charge in [-0.3, -0.25) is 0 Å². The van der Waals surface area contributed by atoms with E-state index in [0.717, 1.165) is 0 Å². The summed E-state index contributed by atoms with van der Waals surface area (Å²) in [6, 6.07) is 0. The Kier molecular flexibility index (Phi) is 2.41. The van der Waals surface area contributed by atoms with E-state index in [0.29, 0.717) is 5.92 Å². The molecule has 2 heteroatoms. The van der Waals surface area contributed by atoms with Gasteiger partial charge in [0.05, 0.1) is 0 Å². The van der Waals surface area contributed by atoms with Crippen molar-refractivity contribution in [1.82, 2.24) is 0 Å². The Hall–Kier alpha value is 0.440. The zero-order valence-corrected chi connectivity index (χ0v) is 9.24. The average molecular weight is 266 g/mol. The molecular weight excluding hydrogens is 256 g/mol. The molecule has 0 spiro atoms. The molecule has 0 amide bonds. The Morgan fingerprint density at radius 3 is 2.60 bits per heavy atom. The summed E-state index contributed by atoms with van der Waals surface area (Å²) in [4.78, 5) is 0. The van der Waals surface area contributed by atoms with Gasteiger partial charge in [-0.05, 0) is 12.8 Å². The standard InChI is InChI=1S/C8H10Br2/c1-6-5-7(9)3-4-8(6,2)10/h3-6H,1-2H3. The van der Waals surface area contributed by atoms with Crippen molar-refractivity contribution in [2.75, 3.05) is 0 Å². The van der Waals surface area contributed by atoms with Gasteiger partial charge in [0, 0.05) is 8.81 Å². The van der Waals surface area contributed by atoms with Crippen molar-refractivity contribution in [3.63, 3.8) is 0 Å². The summed E-state index contributed by atoms with van der Waals surface area (Å²) in [5.41, 5.74) is 0. The molecule has 0 aromatic heterocycles. The van der Waals surface area contributed by atoms with E-state index in [1.54, 1.807) is 0 Å². The summed E-state index contributed by atoms with van der Waals surface area (Å²) < 4.78 is 1.32. The Balaban J connectivity index is 2.84. The van der Waals surface area contributed by atoms with Crippen LogP contribution >= 0.6 is 31.9 Å². The first kappa shape index (κ1) is 8.54. The van der Waals surface area contributed by atoms with Gasteiger partial charge in [-0.2, -0.15) is 0 Å². The van der Waals surface area contributed by atoms with Crippen LogP contribution in [0.25, 0.3) is 0 Å². The lowest BCUT2D eigenvalue weighted by Crippen LogP contribution is -2.23. The summed E-state index contributed by atoms with van der Waals surface area (Å²) in [6.07, 6.45) is 6.45. The lowest BCUT2D eigenvalue weighted by Gasteiger charge is -2.26. The molecule has 0 nitrogen and oxygen atoms in total. The quantitative estimate of drug-likeness (QED) is 0.587. The number of hydrogen-bond donors (Lipinski definition) is 0. The highest BCUT2D eigenvalue weighted by molar-refractivity contribution is 9.12. The summed E-state index contributed by atoms with van der Waals surface area (Å²) in [5, 5.41) is 0. The van der Waals surface area contributed by atoms with Gasteiger partial charge in [0.1, 0.15) is 0 Å². The molecule has 56 valence electrons. The molecular formula is C8H10Br2. The molecule has 10 heavy (non-hydrogen) atoms. The SMILES string of the molecule is CC1C=C(Br)C=CC1(C)Br. The van der Waals surface area contributed by atoms with Gasteiger partial charge in [0.15, 0.2) is 0 Å². The third kappa shape index (κ3) is 1.73. The molecule has 0 N–H and O–H groups in total. The molecule has 0 bridgehead atoms. The van der Waals surface area contributed by atoms with Gasteiger partial charge in [0.2, 0.25) is 0 Å². The molecule has 0 aromatic carbocycles. The second kappa shape index (κ2) is 2.82. The van der Waals surface area contributed by atoms with Crippen LogP contribution in [0.3, 0.4) is 0 Å². The fraction of sp³-hybridized carbons (Fsp3) is 0.500. The number of hydrogen-bond acceptors (Lipinski definition) is 0. The first-order chi connectivity index (χ1) is 4.52. The summed E-state index contributed by atoms with van der Waals surface area (Å²) in [6.45, 7) is 4.36. The third-order valence-corrected chi connectivity index (χ3v) is 3.38. The molecule has 1 aliphatic rings. The molecule has 0 heterocycles. The monoisotopic (exact) mass is 264 g/mol. The van der Waals surface area contributed by atoms with E-state index in [-0.39, 0.29) is 4.32 Å². The second-order valence-corrected chi connectivity index (χ2v) is 5.45. The molecule has 1 rings (SSSR count). The predicted molar refractivity (Wildman–Crippen MR) is 52.6 cm³/mol. The van der Waals surface area contributed by atoms with E-state index in [2.05, 4.69) is 63.9 Å². The highest BCUT2D eigenvalue weighted by Crippen LogP contribution is 2.35. The molecule has 0 saturated heterocycles. The molecule has 0 aliphatic heterocycles. The van der Waals surface area contributed by atoms with E-state index in [4.69, 9.17) is 0 Å². The Morgan fingerprint density at radius 2 is 2.20 bits per heavy atom. The lowest BCUT2D eigenvalue weighted by atomic mass is 9.92. The maximum atomic E-state index is 3.63. The lowest BCUT2D eigenvalue weighted by molar-refractivity contribution is 0.611. The fourth-order valence-corrected chi connectivity index (χ4v) is 1.64. The van der Waals surface area contributed by atoms with Crippen LogP contribution in [0.2, 0.25) is 0 Å². The second-order valence-electron chi connectivity index (χ2n) is 2.82. The van der Waals surface area contributed by atoms with Crippen LogP contribution in [0.15, 0.2) is 22.7 Å². The zero-order valence-electron chi connectivity index (χ0n) is 6.07. The van der Waals surface area contributed by atoms with E-state index in [1.807, 2.05) is 0 Å². The molecule has 2 atom stereocenters. The van der Waals surface area contributed by atoms with E-state index < -0.39 is 0 Å². The van der Waals surface area contributed by atoms with Gasteiger partial charge in [-0.1, -0.05) is 57.0 Å². The van der Waals surface area contributed by atoms with Crippen molar-refractivity contribution in [2.45, 2.75) is 18.2 Å². The van der Waals surface area contributed by atoms with Crippen molar-refractivity contribution in [3.05, 3.63) is 22.7 Å². The van der Waals surface area contributed by atoms with Crippen LogP contribution in [0.1, 0.15) is 13.8 Å². The maximum absolute atomic E-state index is 3.63. The van der Waals surface area contributed by atoms with Gasteiger partial charge in [0.25, 0.3) is 0 Å². The van der Waals surface area contributed by atoms with Gasteiger partial charge in [-0.15, -0.1) is 0 Å². The number of alkyl halides is 1. The number of rotatable bonds is 0. The Labute approximate surface area is 78.6 Å². The fourth-order valence-electron chi connectivity index (χ4n) is 0.852. The minimum atomic E-state index is 0.143. The minimum Gasteiger partial charge on any atom is -0.0804 e. The molecule has 0 radical (unpaired) electrons. The van der Waals surface area contributed by atoms with Crippen molar-refractivity contribution in [2.24, 2.45) is 5.92 Å². The van der Waals surface area contributed by atoms with Crippen LogP contribution < -0.4 is 0 Å². The maximum Gasteiger partial charge on any atom is 0.0472 e. The van der Waals surface area contributed by atoms with E-state index >= 15 is 0 Å². The first-order valence-corrected chi connectivity index (χ1v) is 4.86. The van der Waals surface area contributed by atoms with Crippen LogP contribution in [0, 0.1) is 5.92 Å². The van der Waals surface area contributed by atoms with Gasteiger partial charge < -0.3 is 0 Å². The van der Waals surface area contributed by atoms with Crippen molar-refractivity contribution >= 4 is 31.9 Å². The third-order valence-electron chi connectivity index (χ3n) is 1.87. The minimum absolute atomic E-state index is 0.143. The topological polar surface area (TPSA) is 0 Å². The van der Waals surface area contributed by atoms with Crippen molar-refractivity contribution in [3.8, 4) is 0 Å². The highest BCUT2D eigenvalue weighted by Gasteiger charge is 2.25. The number of allylic oxidation sites excluding steroid dienone is 4. The van der Waals surface area contributed by atoms with Crippen molar-refractivity contribution in [1.29, 1.82) is 0 Å². The zero-order chi connectivity index (χ0) is 7.78. The predicted octanol–water partition coefficient (Wildman–Crippen LogP) is 3.62. The number of halogens is 2. The summed E-state index contributed by atoms with van der Waals surface area (Å²) in [5.74, 6) is 0.548. The largest absolute Gasteiger partial charge is 0.0804 e. The van der Waals surface area contributed by atoms with E-state index in [9.17, 15) is 0 Å². The van der Waals surface area contributed by atoms with E-state index in [1.165, 1.54) is 4.48 Å². The molecule has 0 saturated carbocycles. The van der Waals surface area contributed by atoms with Gasteiger partial charge >= 0.3 is 0 Å². The Bertz CT molecular complexity index is 189. The molecule has 0 aromatic rings.